The van der Waals surface area contributed by atoms with Gasteiger partial charge in [-0.3, -0.25) is 0 Å². The third-order valence-electron chi connectivity index (χ3n) is 2.64. The first-order valence-corrected chi connectivity index (χ1v) is 6.32. The van der Waals surface area contributed by atoms with Crippen molar-refractivity contribution in [1.82, 2.24) is 0 Å². The maximum Gasteiger partial charge on any atom is 0.156 e. The zero-order valence-electron chi connectivity index (χ0n) is 7.81. The van der Waals surface area contributed by atoms with E-state index in [1.54, 1.807) is 6.92 Å². The van der Waals surface area contributed by atoms with Gasteiger partial charge in [0.15, 0.2) is 9.84 Å². The Labute approximate surface area is 79.0 Å². The molecule has 78 valence electrons. The van der Waals surface area contributed by atoms with E-state index in [1.807, 2.05) is 0 Å². The summed E-state index contributed by atoms with van der Waals surface area (Å²) in [5, 5.41) is 8.22. The molecule has 0 spiro atoms. The lowest BCUT2D eigenvalue weighted by atomic mass is 10.1. The largest absolute Gasteiger partial charge is 0.395 e. The summed E-state index contributed by atoms with van der Waals surface area (Å²) < 4.78 is 22.9. The van der Waals surface area contributed by atoms with Crippen LogP contribution in [-0.2, 0) is 9.84 Å². The summed E-state index contributed by atoms with van der Waals surface area (Å²) in [5.74, 6) is 0.358. The molecule has 1 aliphatic rings. The Morgan fingerprint density at radius 2 is 2.08 bits per heavy atom. The van der Waals surface area contributed by atoms with Gasteiger partial charge >= 0.3 is 0 Å². The monoisotopic (exact) mass is 207 g/mol. The van der Waals surface area contributed by atoms with E-state index in [2.05, 4.69) is 0 Å². The highest BCUT2D eigenvalue weighted by molar-refractivity contribution is 7.92. The van der Waals surface area contributed by atoms with Gasteiger partial charge in [0, 0.05) is 11.8 Å². The van der Waals surface area contributed by atoms with E-state index >= 15 is 0 Å². The lowest BCUT2D eigenvalue weighted by Gasteiger charge is -2.20. The lowest BCUT2D eigenvalue weighted by Crippen LogP contribution is -2.45. The predicted molar refractivity (Wildman–Crippen MR) is 51.0 cm³/mol. The van der Waals surface area contributed by atoms with Crippen LogP contribution < -0.4 is 5.73 Å². The molecule has 1 fully saturated rings. The number of rotatable bonds is 5. The van der Waals surface area contributed by atoms with E-state index in [0.29, 0.717) is 5.92 Å². The normalized spacial score (nSPS) is 22.7. The summed E-state index contributed by atoms with van der Waals surface area (Å²) in [5.41, 5.74) is 5.76. The van der Waals surface area contributed by atoms with Gasteiger partial charge in [0.25, 0.3) is 0 Å². The van der Waals surface area contributed by atoms with Crippen LogP contribution in [-0.4, -0.2) is 37.2 Å². The van der Waals surface area contributed by atoms with Gasteiger partial charge in [-0.1, -0.05) is 6.92 Å². The molecule has 3 N–H and O–H groups in total. The van der Waals surface area contributed by atoms with Crippen molar-refractivity contribution in [3.8, 4) is 0 Å². The SMILES string of the molecule is CCS(=O)(=O)[C@@H](CO)[C@H](N)C1CC1. The van der Waals surface area contributed by atoms with Gasteiger partial charge in [0.05, 0.1) is 11.9 Å². The van der Waals surface area contributed by atoms with Crippen LogP contribution >= 0.6 is 0 Å². The first-order chi connectivity index (χ1) is 6.03. The van der Waals surface area contributed by atoms with Crippen molar-refractivity contribution in [2.45, 2.75) is 31.1 Å². The number of hydrogen-bond donors (Lipinski definition) is 2. The van der Waals surface area contributed by atoms with E-state index in [-0.39, 0.29) is 18.4 Å². The molecular formula is C8H17NO3S. The highest BCUT2D eigenvalue weighted by Crippen LogP contribution is 2.34. The van der Waals surface area contributed by atoms with Crippen molar-refractivity contribution in [3.05, 3.63) is 0 Å². The van der Waals surface area contributed by atoms with Crippen LogP contribution in [0.2, 0.25) is 0 Å². The zero-order valence-corrected chi connectivity index (χ0v) is 8.63. The molecule has 0 aromatic rings. The van der Waals surface area contributed by atoms with Gasteiger partial charge in [-0.05, 0) is 18.8 Å². The smallest absolute Gasteiger partial charge is 0.156 e. The minimum Gasteiger partial charge on any atom is -0.395 e. The first kappa shape index (κ1) is 10.9. The van der Waals surface area contributed by atoms with Gasteiger partial charge in [-0.25, -0.2) is 8.42 Å². The predicted octanol–water partition coefficient (Wildman–Crippen LogP) is -0.481. The van der Waals surface area contributed by atoms with Crippen molar-refractivity contribution < 1.29 is 13.5 Å². The van der Waals surface area contributed by atoms with Crippen molar-refractivity contribution in [2.24, 2.45) is 11.7 Å². The highest BCUT2D eigenvalue weighted by Gasteiger charge is 2.39. The summed E-state index contributed by atoms with van der Waals surface area (Å²) in [6.07, 6.45) is 1.99. The Kier molecular flexibility index (Phi) is 3.32. The first-order valence-electron chi connectivity index (χ1n) is 4.61. The van der Waals surface area contributed by atoms with Crippen LogP contribution in [0.4, 0.5) is 0 Å². The summed E-state index contributed by atoms with van der Waals surface area (Å²) in [6.45, 7) is 1.23. The number of nitrogens with two attached hydrogens (primary N) is 1. The molecule has 1 saturated carbocycles. The summed E-state index contributed by atoms with van der Waals surface area (Å²) >= 11 is 0. The fraction of sp³-hybridized carbons (Fsp3) is 1.00. The molecule has 0 aromatic carbocycles. The van der Waals surface area contributed by atoms with Gasteiger partial charge in [0.2, 0.25) is 0 Å². The third-order valence-corrected chi connectivity index (χ3v) is 4.83. The molecule has 13 heavy (non-hydrogen) atoms. The molecule has 0 amide bonds. The van der Waals surface area contributed by atoms with Crippen LogP contribution in [0.5, 0.6) is 0 Å². The van der Waals surface area contributed by atoms with Gasteiger partial charge < -0.3 is 10.8 Å². The number of aliphatic hydroxyl groups excluding tert-OH is 1. The fourth-order valence-corrected chi connectivity index (χ4v) is 2.83. The van der Waals surface area contributed by atoms with Gasteiger partial charge in [0.1, 0.15) is 0 Å². The van der Waals surface area contributed by atoms with Crippen molar-refractivity contribution in [1.29, 1.82) is 0 Å². The number of aliphatic hydroxyl groups is 1. The molecule has 0 aromatic heterocycles. The quantitative estimate of drug-likeness (QED) is 0.638. The average molecular weight is 207 g/mol. The number of hydrogen-bond acceptors (Lipinski definition) is 4. The van der Waals surface area contributed by atoms with Crippen LogP contribution in [0, 0.1) is 5.92 Å². The van der Waals surface area contributed by atoms with Crippen LogP contribution in [0.3, 0.4) is 0 Å². The number of sulfone groups is 1. The molecular weight excluding hydrogens is 190 g/mol. The van der Waals surface area contributed by atoms with Crippen LogP contribution in [0.1, 0.15) is 19.8 Å². The second-order valence-corrected chi connectivity index (χ2v) is 6.10. The molecule has 0 saturated heterocycles. The Balaban J connectivity index is 2.71. The highest BCUT2D eigenvalue weighted by atomic mass is 32.2. The van der Waals surface area contributed by atoms with Crippen LogP contribution in [0.15, 0.2) is 0 Å². The zero-order chi connectivity index (χ0) is 10.1. The Hall–Kier alpha value is -0.130. The third kappa shape index (κ3) is 2.42. The maximum atomic E-state index is 11.5. The minimum atomic E-state index is -3.19. The summed E-state index contributed by atoms with van der Waals surface area (Å²) in [7, 11) is -3.19. The van der Waals surface area contributed by atoms with Crippen LogP contribution in [0.25, 0.3) is 0 Å². The summed E-state index contributed by atoms with van der Waals surface area (Å²) in [4.78, 5) is 0. The Morgan fingerprint density at radius 3 is 2.38 bits per heavy atom. The van der Waals surface area contributed by atoms with Gasteiger partial charge in [-0.15, -0.1) is 0 Å². The van der Waals surface area contributed by atoms with E-state index in [4.69, 9.17) is 10.8 Å². The van der Waals surface area contributed by atoms with E-state index in [0.717, 1.165) is 12.8 Å². The van der Waals surface area contributed by atoms with Gasteiger partial charge in [-0.2, -0.15) is 0 Å². The molecule has 0 bridgehead atoms. The van der Waals surface area contributed by atoms with E-state index in [1.165, 1.54) is 0 Å². The molecule has 1 aliphatic carbocycles. The molecule has 5 heteroatoms. The van der Waals surface area contributed by atoms with Crippen molar-refractivity contribution in [3.63, 3.8) is 0 Å². The molecule has 0 unspecified atom stereocenters. The maximum absolute atomic E-state index is 11.5. The second-order valence-electron chi connectivity index (χ2n) is 3.59. The molecule has 2 atom stereocenters. The Bertz CT molecular complexity index is 259. The van der Waals surface area contributed by atoms with E-state index < -0.39 is 15.1 Å². The molecule has 4 nitrogen and oxygen atoms in total. The molecule has 0 heterocycles. The Morgan fingerprint density at radius 1 is 1.54 bits per heavy atom. The fourth-order valence-electron chi connectivity index (χ4n) is 1.47. The molecule has 0 radical (unpaired) electrons. The molecule has 1 rings (SSSR count). The van der Waals surface area contributed by atoms with Crippen molar-refractivity contribution in [2.75, 3.05) is 12.4 Å². The van der Waals surface area contributed by atoms with E-state index in [9.17, 15) is 8.42 Å². The second kappa shape index (κ2) is 3.94. The topological polar surface area (TPSA) is 80.4 Å². The van der Waals surface area contributed by atoms with Crippen molar-refractivity contribution >= 4 is 9.84 Å². The standard InChI is InChI=1S/C8H17NO3S/c1-2-13(11,12)7(5-10)8(9)6-3-4-6/h6-8,10H,2-5,9H2,1H3/t7-,8+/m0/s1. The lowest BCUT2D eigenvalue weighted by molar-refractivity contribution is 0.271. The molecule has 0 aliphatic heterocycles. The average Bonchev–Trinajstić information content (AvgIpc) is 2.87. The summed E-state index contributed by atoms with van der Waals surface area (Å²) in [6, 6.07) is -0.380. The minimum absolute atomic E-state index is 0.0542.